The van der Waals surface area contributed by atoms with Gasteiger partial charge in [0.2, 0.25) is 0 Å². The van der Waals surface area contributed by atoms with E-state index in [4.69, 9.17) is 18.9 Å². The molecule has 0 bridgehead atoms. The number of aliphatic hydroxyl groups is 5. The van der Waals surface area contributed by atoms with Gasteiger partial charge >= 0.3 is 0 Å². The van der Waals surface area contributed by atoms with Crippen molar-refractivity contribution in [3.63, 3.8) is 0 Å². The number of hydrogen-bond acceptors (Lipinski definition) is 14. The van der Waals surface area contributed by atoms with Gasteiger partial charge in [-0.15, -0.1) is 0 Å². The van der Waals surface area contributed by atoms with Crippen molar-refractivity contribution in [2.75, 3.05) is 31.2 Å². The standard InChI is InChI=1S/C36H42N4O10/c1-5-25-21-6-9-38-24(21)15-40(25)31-32-20(13-22-27(42)12-19(2)48-33(22)31)14-30(35(3,4)49-32)50-47-17-29(44)36(46,34(45)28(43)16-41)18-39-11-8-23-26(39)7-10-37-23/h6-13,26,28-30,34,41,43-46H,5,14-18H2,1-4H3/t26?,28-,29+,30-,34-,36-/m1/s1. The third-order valence-corrected chi connectivity index (χ3v) is 10.1. The maximum atomic E-state index is 13.3. The Hall–Kier alpha value is -4.15. The zero-order chi connectivity index (χ0) is 35.5. The number of ether oxygens (including phenoxy) is 1. The molecule has 0 fully saturated rings. The van der Waals surface area contributed by atoms with E-state index >= 15 is 0 Å². The molecule has 1 aromatic heterocycles. The summed E-state index contributed by atoms with van der Waals surface area (Å²) in [7, 11) is 0. The fraction of sp³-hybridized carbons (Fsp3) is 0.472. The van der Waals surface area contributed by atoms with E-state index in [1.807, 2.05) is 19.9 Å². The van der Waals surface area contributed by atoms with Gasteiger partial charge in [0.15, 0.2) is 16.8 Å². The van der Waals surface area contributed by atoms with Crippen molar-refractivity contribution in [2.24, 2.45) is 9.98 Å². The Labute approximate surface area is 288 Å². The second kappa shape index (κ2) is 12.9. The summed E-state index contributed by atoms with van der Waals surface area (Å²) in [6.45, 7) is 6.17. The molecule has 14 heteroatoms. The van der Waals surface area contributed by atoms with Gasteiger partial charge in [-0.3, -0.25) is 14.8 Å². The second-order valence-electron chi connectivity index (χ2n) is 13.8. The molecule has 0 saturated carbocycles. The molecule has 266 valence electrons. The van der Waals surface area contributed by atoms with E-state index in [-0.39, 0.29) is 24.4 Å². The first kappa shape index (κ1) is 34.3. The Morgan fingerprint density at radius 1 is 1.16 bits per heavy atom. The van der Waals surface area contributed by atoms with Crippen molar-refractivity contribution in [1.82, 2.24) is 4.90 Å². The average Bonchev–Trinajstić information content (AvgIpc) is 3.87. The number of allylic oxidation sites excluding steroid dienone is 2. The first-order valence-corrected chi connectivity index (χ1v) is 16.7. The van der Waals surface area contributed by atoms with Crippen molar-refractivity contribution < 1.29 is 44.5 Å². The summed E-state index contributed by atoms with van der Waals surface area (Å²) >= 11 is 0. The first-order valence-electron chi connectivity index (χ1n) is 16.7. The topological polar surface area (TPSA) is 190 Å². The highest BCUT2D eigenvalue weighted by molar-refractivity contribution is 6.13. The maximum Gasteiger partial charge on any atom is 0.193 e. The Bertz CT molecular complexity index is 1940. The molecule has 50 heavy (non-hydrogen) atoms. The van der Waals surface area contributed by atoms with Crippen molar-refractivity contribution in [2.45, 2.75) is 82.2 Å². The van der Waals surface area contributed by atoms with Gasteiger partial charge in [0.25, 0.3) is 0 Å². The third kappa shape index (κ3) is 5.70. The van der Waals surface area contributed by atoms with Crippen LogP contribution < -0.4 is 15.1 Å². The van der Waals surface area contributed by atoms with Gasteiger partial charge in [0.05, 0.1) is 42.5 Å². The molecule has 6 heterocycles. The normalized spacial score (nSPS) is 24.6. The predicted octanol–water partition coefficient (Wildman–Crippen LogP) is 1.56. The predicted molar refractivity (Wildman–Crippen MR) is 184 cm³/mol. The lowest BCUT2D eigenvalue weighted by atomic mass is 9.86. The molecule has 0 saturated heterocycles. The molecule has 0 aliphatic carbocycles. The monoisotopic (exact) mass is 690 g/mol. The average molecular weight is 691 g/mol. The molecule has 14 nitrogen and oxygen atoms in total. The molecule has 0 amide bonds. The summed E-state index contributed by atoms with van der Waals surface area (Å²) in [5.41, 5.74) is 1.93. The highest BCUT2D eigenvalue weighted by atomic mass is 17.2. The second-order valence-corrected chi connectivity index (χ2v) is 13.8. The molecule has 6 atom stereocenters. The number of rotatable bonds is 12. The SMILES string of the molecule is CCC1=C2C=CN=C2CN1c1c2c(cc3c(=O)cc(C)oc13)C[C@@H](OOC[C@H](O)[C@](O)(CN1C=CC3=NC=CC31)[C@H](O)[C@H](O)CO)C(C)(C)O2. The van der Waals surface area contributed by atoms with Crippen LogP contribution in [0.4, 0.5) is 5.69 Å². The number of benzene rings is 1. The fourth-order valence-electron chi connectivity index (χ4n) is 7.28. The van der Waals surface area contributed by atoms with Crippen molar-refractivity contribution >= 4 is 28.1 Å². The number of fused-ring (bicyclic) bond motifs is 4. The molecule has 1 unspecified atom stereocenters. The molecular weight excluding hydrogens is 648 g/mol. The zero-order valence-electron chi connectivity index (χ0n) is 28.3. The number of anilines is 1. The van der Waals surface area contributed by atoms with Crippen LogP contribution in [-0.4, -0.2) is 110 Å². The van der Waals surface area contributed by atoms with Gasteiger partial charge in [-0.1, -0.05) is 6.92 Å². The Balaban J connectivity index is 1.15. The summed E-state index contributed by atoms with van der Waals surface area (Å²) in [6.07, 6.45) is 5.36. The largest absolute Gasteiger partial charge is 0.482 e. The summed E-state index contributed by atoms with van der Waals surface area (Å²) in [5, 5.41) is 54.0. The van der Waals surface area contributed by atoms with E-state index in [1.165, 1.54) is 6.07 Å². The number of aliphatic hydroxyl groups excluding tert-OH is 4. The van der Waals surface area contributed by atoms with E-state index < -0.39 is 48.8 Å². The van der Waals surface area contributed by atoms with Gasteiger partial charge in [-0.05, 0) is 51.5 Å². The highest BCUT2D eigenvalue weighted by Gasteiger charge is 2.49. The Morgan fingerprint density at radius 2 is 1.96 bits per heavy atom. The molecule has 2 aromatic rings. The first-order chi connectivity index (χ1) is 23.9. The van der Waals surface area contributed by atoms with E-state index in [0.29, 0.717) is 46.7 Å². The number of nitrogens with zero attached hydrogens (tertiary/aromatic N) is 4. The van der Waals surface area contributed by atoms with Crippen molar-refractivity contribution in [1.29, 1.82) is 0 Å². The lowest BCUT2D eigenvalue weighted by molar-refractivity contribution is -0.363. The van der Waals surface area contributed by atoms with Crippen LogP contribution in [0, 0.1) is 6.92 Å². The molecule has 7 rings (SSSR count). The van der Waals surface area contributed by atoms with E-state index in [9.17, 15) is 30.3 Å². The minimum absolute atomic E-state index is 0.195. The fourth-order valence-corrected chi connectivity index (χ4v) is 7.28. The number of β-amino-alcohol motifs (C(OH)–C–C–N with tert-alkyl or cyclic N) is 1. The van der Waals surface area contributed by atoms with E-state index in [1.54, 1.807) is 48.6 Å². The lowest BCUT2D eigenvalue weighted by Crippen LogP contribution is -2.64. The van der Waals surface area contributed by atoms with E-state index in [0.717, 1.165) is 22.7 Å². The quantitative estimate of drug-likeness (QED) is 0.160. The van der Waals surface area contributed by atoms with Crippen LogP contribution in [0.3, 0.4) is 0 Å². The van der Waals surface area contributed by atoms with Gasteiger partial charge in [0, 0.05) is 47.9 Å². The molecule has 0 spiro atoms. The molecular formula is C36H42N4O10. The van der Waals surface area contributed by atoms with Gasteiger partial charge in [0.1, 0.15) is 53.7 Å². The molecule has 5 aliphatic heterocycles. The lowest BCUT2D eigenvalue weighted by Gasteiger charge is -2.42. The summed E-state index contributed by atoms with van der Waals surface area (Å²) < 4.78 is 12.9. The molecule has 1 aromatic carbocycles. The van der Waals surface area contributed by atoms with Crippen LogP contribution >= 0.6 is 0 Å². The minimum Gasteiger partial charge on any atom is -0.482 e. The minimum atomic E-state index is -2.36. The van der Waals surface area contributed by atoms with Crippen LogP contribution in [0.1, 0.15) is 38.5 Å². The zero-order valence-corrected chi connectivity index (χ0v) is 28.3. The maximum absolute atomic E-state index is 13.3. The van der Waals surface area contributed by atoms with Crippen LogP contribution in [0.25, 0.3) is 11.0 Å². The Kier molecular flexibility index (Phi) is 8.83. The van der Waals surface area contributed by atoms with Crippen LogP contribution in [0.5, 0.6) is 5.75 Å². The van der Waals surface area contributed by atoms with E-state index in [2.05, 4.69) is 21.8 Å². The summed E-state index contributed by atoms with van der Waals surface area (Å²) in [5.74, 6) is 1.02. The van der Waals surface area contributed by atoms with Gasteiger partial charge in [-0.25, -0.2) is 9.78 Å². The molecule has 5 N–H and O–H groups in total. The van der Waals surface area contributed by atoms with Gasteiger partial charge < -0.3 is 44.5 Å². The van der Waals surface area contributed by atoms with Gasteiger partial charge in [-0.2, -0.15) is 0 Å². The Morgan fingerprint density at radius 3 is 2.72 bits per heavy atom. The summed E-state index contributed by atoms with van der Waals surface area (Å²) in [6, 6.07) is 2.88. The van der Waals surface area contributed by atoms with Crippen molar-refractivity contribution in [3.05, 3.63) is 81.8 Å². The van der Waals surface area contributed by atoms with Crippen LogP contribution in [-0.2, 0) is 16.2 Å². The van der Waals surface area contributed by atoms with Crippen LogP contribution in [0.2, 0.25) is 0 Å². The van der Waals surface area contributed by atoms with Crippen molar-refractivity contribution in [3.8, 4) is 5.75 Å². The van der Waals surface area contributed by atoms with Crippen LogP contribution in [0.15, 0.2) is 79.4 Å². The molecule has 5 aliphatic rings. The number of aliphatic imine (C=N–C) groups is 2. The molecule has 0 radical (unpaired) electrons. The number of aryl methyl sites for hydroxylation is 1. The highest BCUT2D eigenvalue weighted by Crippen LogP contribution is 2.48. The third-order valence-electron chi connectivity index (χ3n) is 10.1. The summed E-state index contributed by atoms with van der Waals surface area (Å²) in [4.78, 5) is 37.3. The smallest absolute Gasteiger partial charge is 0.193 e. The number of hydrogen-bond donors (Lipinski definition) is 5.